The maximum Gasteiger partial charge on any atom is 0.270 e. The maximum atomic E-state index is 12.4. The van der Waals surface area contributed by atoms with Crippen molar-refractivity contribution >= 4 is 28.3 Å². The molecule has 24 heavy (non-hydrogen) atoms. The zero-order valence-electron chi connectivity index (χ0n) is 13.6. The molecule has 7 nitrogen and oxygen atoms in total. The number of pyridine rings is 1. The van der Waals surface area contributed by atoms with Crippen molar-refractivity contribution in [3.05, 3.63) is 40.4 Å². The molecule has 0 atom stereocenters. The predicted molar refractivity (Wildman–Crippen MR) is 92.1 cm³/mol. The molecule has 7 heteroatoms. The Morgan fingerprint density at radius 3 is 2.83 bits per heavy atom. The number of fused-ring (bicyclic) bond motifs is 1. The van der Waals surface area contributed by atoms with Gasteiger partial charge in [-0.15, -0.1) is 0 Å². The lowest BCUT2D eigenvalue weighted by atomic mass is 10.2. The number of nitro groups is 1. The minimum atomic E-state index is -0.414. The van der Waals surface area contributed by atoms with Gasteiger partial charge in [-0.1, -0.05) is 6.92 Å². The molecule has 1 fully saturated rings. The fourth-order valence-electron chi connectivity index (χ4n) is 3.01. The first-order valence-electron chi connectivity index (χ1n) is 8.16. The molecule has 0 bridgehead atoms. The van der Waals surface area contributed by atoms with E-state index in [1.807, 2.05) is 21.9 Å². The predicted octanol–water partition coefficient (Wildman–Crippen LogP) is 2.59. The van der Waals surface area contributed by atoms with E-state index in [0.717, 1.165) is 43.7 Å². The van der Waals surface area contributed by atoms with E-state index in [2.05, 4.69) is 11.9 Å². The number of aromatic nitrogens is 1. The summed E-state index contributed by atoms with van der Waals surface area (Å²) in [6.07, 6.45) is 1.87. The number of carbonyl (C=O) groups excluding carboxylic acids is 1. The van der Waals surface area contributed by atoms with Gasteiger partial charge in [-0.05, 0) is 31.0 Å². The average molecular weight is 328 g/mol. The zero-order chi connectivity index (χ0) is 17.1. The number of hydrogen-bond donors (Lipinski definition) is 0. The average Bonchev–Trinajstić information content (AvgIpc) is 2.76. The zero-order valence-corrected chi connectivity index (χ0v) is 13.6. The molecule has 0 aliphatic carbocycles. The number of hydrogen-bond acceptors (Lipinski definition) is 5. The fraction of sp³-hybridized carbons (Fsp3) is 0.412. The number of nitro benzene ring substituents is 1. The van der Waals surface area contributed by atoms with E-state index in [1.54, 1.807) is 6.07 Å². The van der Waals surface area contributed by atoms with Gasteiger partial charge in [0.05, 0.1) is 17.0 Å². The summed E-state index contributed by atoms with van der Waals surface area (Å²) in [5, 5.41) is 11.6. The van der Waals surface area contributed by atoms with Crippen molar-refractivity contribution in [2.75, 3.05) is 31.1 Å². The molecule has 3 rings (SSSR count). The van der Waals surface area contributed by atoms with Crippen LogP contribution in [-0.4, -0.2) is 46.9 Å². The first kappa shape index (κ1) is 16.2. The van der Waals surface area contributed by atoms with Gasteiger partial charge in [-0.3, -0.25) is 14.9 Å². The molecule has 126 valence electrons. The van der Waals surface area contributed by atoms with E-state index in [0.29, 0.717) is 12.1 Å². The minimum Gasteiger partial charge on any atom is -0.347 e. The number of non-ortho nitro benzene ring substituents is 1. The second-order valence-corrected chi connectivity index (χ2v) is 5.96. The van der Waals surface area contributed by atoms with Gasteiger partial charge in [0.25, 0.3) is 5.69 Å². The Hall–Kier alpha value is -2.70. The van der Waals surface area contributed by atoms with Gasteiger partial charge in [0.2, 0.25) is 5.91 Å². The number of nitrogens with zero attached hydrogens (tertiary/aromatic N) is 4. The third kappa shape index (κ3) is 3.29. The van der Waals surface area contributed by atoms with E-state index in [4.69, 9.17) is 0 Å². The molecule has 0 saturated carbocycles. The number of anilines is 1. The smallest absolute Gasteiger partial charge is 0.270 e. The third-order valence-electron chi connectivity index (χ3n) is 4.22. The molecule has 1 aromatic carbocycles. The molecule has 0 unspecified atom stereocenters. The number of benzene rings is 1. The Morgan fingerprint density at radius 1 is 1.25 bits per heavy atom. The molecule has 2 heterocycles. The Labute approximate surface area is 140 Å². The van der Waals surface area contributed by atoms with Crippen LogP contribution < -0.4 is 4.90 Å². The largest absolute Gasteiger partial charge is 0.347 e. The van der Waals surface area contributed by atoms with E-state index in [9.17, 15) is 14.9 Å². The molecule has 2 aromatic rings. The summed E-state index contributed by atoms with van der Waals surface area (Å²) in [5.74, 6) is 0.864. The molecule has 0 radical (unpaired) electrons. The highest BCUT2D eigenvalue weighted by molar-refractivity contribution is 5.85. The van der Waals surface area contributed by atoms with Gasteiger partial charge in [-0.25, -0.2) is 4.98 Å². The molecule has 1 aliphatic rings. The highest BCUT2D eigenvalue weighted by Crippen LogP contribution is 2.23. The lowest BCUT2D eigenvalue weighted by Gasteiger charge is -2.22. The SMILES string of the molecule is CCCN1CCCN(c2ccc3cc([N+](=O)[O-])ccc3n2)CC1=O. The Kier molecular flexibility index (Phi) is 4.59. The molecule has 0 N–H and O–H groups in total. The number of rotatable bonds is 4. The summed E-state index contributed by atoms with van der Waals surface area (Å²) < 4.78 is 0. The molecule has 1 amide bonds. The van der Waals surface area contributed by atoms with Crippen molar-refractivity contribution in [2.45, 2.75) is 19.8 Å². The van der Waals surface area contributed by atoms with Crippen LogP contribution in [0.1, 0.15) is 19.8 Å². The second kappa shape index (κ2) is 6.82. The van der Waals surface area contributed by atoms with Crippen LogP contribution in [0.25, 0.3) is 10.9 Å². The van der Waals surface area contributed by atoms with Gasteiger partial charge in [0.15, 0.2) is 0 Å². The van der Waals surface area contributed by atoms with Crippen molar-refractivity contribution in [3.8, 4) is 0 Å². The maximum absolute atomic E-state index is 12.4. The van der Waals surface area contributed by atoms with Gasteiger partial charge in [0, 0.05) is 37.2 Å². The number of carbonyl (C=O) groups is 1. The van der Waals surface area contributed by atoms with Crippen molar-refractivity contribution in [1.29, 1.82) is 0 Å². The fourth-order valence-corrected chi connectivity index (χ4v) is 3.01. The normalized spacial score (nSPS) is 15.6. The first-order chi connectivity index (χ1) is 11.6. The van der Waals surface area contributed by atoms with E-state index >= 15 is 0 Å². The third-order valence-corrected chi connectivity index (χ3v) is 4.22. The van der Waals surface area contributed by atoms with Crippen LogP contribution in [0.4, 0.5) is 11.5 Å². The first-order valence-corrected chi connectivity index (χ1v) is 8.16. The summed E-state index contributed by atoms with van der Waals surface area (Å²) in [4.78, 5) is 31.3. The molecule has 1 saturated heterocycles. The van der Waals surface area contributed by atoms with Crippen molar-refractivity contribution in [1.82, 2.24) is 9.88 Å². The Bertz CT molecular complexity index is 778. The van der Waals surface area contributed by atoms with Crippen LogP contribution >= 0.6 is 0 Å². The van der Waals surface area contributed by atoms with Crippen molar-refractivity contribution in [2.24, 2.45) is 0 Å². The topological polar surface area (TPSA) is 79.6 Å². The minimum absolute atomic E-state index is 0.0530. The monoisotopic (exact) mass is 328 g/mol. The summed E-state index contributed by atoms with van der Waals surface area (Å²) in [6.45, 7) is 4.74. The van der Waals surface area contributed by atoms with E-state index in [1.165, 1.54) is 12.1 Å². The standard InChI is InChI=1S/C17H20N4O3/c1-2-8-19-9-3-10-20(12-17(19)22)16-7-4-13-11-14(21(23)24)5-6-15(13)18-16/h4-7,11H,2-3,8-10,12H2,1H3. The Morgan fingerprint density at radius 2 is 2.08 bits per heavy atom. The van der Waals surface area contributed by atoms with Crippen LogP contribution in [0.15, 0.2) is 30.3 Å². The summed E-state index contributed by atoms with van der Waals surface area (Å²) in [6, 6.07) is 8.27. The van der Waals surface area contributed by atoms with E-state index in [-0.39, 0.29) is 11.6 Å². The van der Waals surface area contributed by atoms with Crippen LogP contribution in [-0.2, 0) is 4.79 Å². The highest BCUT2D eigenvalue weighted by atomic mass is 16.6. The van der Waals surface area contributed by atoms with Gasteiger partial charge in [-0.2, -0.15) is 0 Å². The van der Waals surface area contributed by atoms with Crippen molar-refractivity contribution in [3.63, 3.8) is 0 Å². The lowest BCUT2D eigenvalue weighted by Crippen LogP contribution is -2.37. The lowest BCUT2D eigenvalue weighted by molar-refractivity contribution is -0.384. The summed E-state index contributed by atoms with van der Waals surface area (Å²) >= 11 is 0. The molecule has 0 spiro atoms. The van der Waals surface area contributed by atoms with Gasteiger partial charge >= 0.3 is 0 Å². The number of amides is 1. The molecule has 1 aliphatic heterocycles. The highest BCUT2D eigenvalue weighted by Gasteiger charge is 2.22. The molecule has 1 aromatic heterocycles. The van der Waals surface area contributed by atoms with Crippen LogP contribution in [0.5, 0.6) is 0 Å². The molecular weight excluding hydrogens is 308 g/mol. The van der Waals surface area contributed by atoms with Crippen LogP contribution in [0.2, 0.25) is 0 Å². The van der Waals surface area contributed by atoms with Gasteiger partial charge in [0.1, 0.15) is 5.82 Å². The molecular formula is C17H20N4O3. The quantitative estimate of drug-likeness (QED) is 0.636. The van der Waals surface area contributed by atoms with Gasteiger partial charge < -0.3 is 9.80 Å². The Balaban J connectivity index is 1.85. The van der Waals surface area contributed by atoms with Crippen LogP contribution in [0.3, 0.4) is 0 Å². The second-order valence-electron chi connectivity index (χ2n) is 5.96. The van der Waals surface area contributed by atoms with Crippen LogP contribution in [0, 0.1) is 10.1 Å². The van der Waals surface area contributed by atoms with Crippen molar-refractivity contribution < 1.29 is 9.72 Å². The summed E-state index contributed by atoms with van der Waals surface area (Å²) in [5.41, 5.74) is 0.748. The van der Waals surface area contributed by atoms with E-state index < -0.39 is 4.92 Å². The summed E-state index contributed by atoms with van der Waals surface area (Å²) in [7, 11) is 0.